The Hall–Kier alpha value is -1.36. The van der Waals surface area contributed by atoms with Gasteiger partial charge >= 0.3 is 11.9 Å². The number of rotatable bonds is 27. The minimum absolute atomic E-state index is 0.0622. The molecule has 0 radical (unpaired) electrons. The second kappa shape index (κ2) is 28.2. The van der Waals surface area contributed by atoms with Gasteiger partial charge in [-0.1, -0.05) is 97.1 Å². The van der Waals surface area contributed by atoms with Crippen LogP contribution in [0.15, 0.2) is 12.2 Å². The number of carbonyl (C=O) groups excluding carboxylic acids is 2. The summed E-state index contributed by atoms with van der Waals surface area (Å²) in [7, 11) is 0. The first-order valence-electron chi connectivity index (χ1n) is 15.3. The molecule has 0 aliphatic rings. The van der Waals surface area contributed by atoms with E-state index in [0.717, 1.165) is 58.0 Å². The summed E-state index contributed by atoms with van der Waals surface area (Å²) >= 11 is 0. The molecule has 0 fully saturated rings. The molecule has 0 saturated heterocycles. The van der Waals surface area contributed by atoms with E-state index in [1.54, 1.807) is 0 Å². The Balaban J connectivity index is 3.80. The smallest absolute Gasteiger partial charge is 0.306 e. The van der Waals surface area contributed by atoms with Gasteiger partial charge in [0.1, 0.15) is 12.7 Å². The molecule has 0 aromatic heterocycles. The van der Waals surface area contributed by atoms with Crippen molar-refractivity contribution in [2.24, 2.45) is 0 Å². The van der Waals surface area contributed by atoms with E-state index in [4.69, 9.17) is 9.47 Å². The zero-order valence-corrected chi connectivity index (χ0v) is 24.1. The van der Waals surface area contributed by atoms with Gasteiger partial charge in [-0.3, -0.25) is 9.59 Å². The van der Waals surface area contributed by atoms with Gasteiger partial charge in [-0.25, -0.2) is 0 Å². The maximum absolute atomic E-state index is 12.4. The topological polar surface area (TPSA) is 64.6 Å². The molecule has 0 aliphatic carbocycles. The quantitative estimate of drug-likeness (QED) is 0.0683. The van der Waals surface area contributed by atoms with Crippen LogP contribution >= 0.6 is 0 Å². The van der Waals surface area contributed by atoms with Crippen LogP contribution in [0.3, 0.4) is 0 Å². The number of allylic oxidation sites excluding steroid dienone is 1. The van der Waals surface area contributed by atoms with Crippen molar-refractivity contribution < 1.29 is 19.1 Å². The molecule has 0 saturated carbocycles. The lowest BCUT2D eigenvalue weighted by atomic mass is 10.0. The predicted molar refractivity (Wildman–Crippen MR) is 152 cm³/mol. The third-order valence-corrected chi connectivity index (χ3v) is 6.51. The monoisotopic (exact) mass is 509 g/mol. The minimum Gasteiger partial charge on any atom is -0.462 e. The first-order chi connectivity index (χ1) is 17.6. The van der Waals surface area contributed by atoms with E-state index in [9.17, 15) is 9.59 Å². The van der Waals surface area contributed by atoms with Crippen molar-refractivity contribution in [2.45, 2.75) is 155 Å². The van der Waals surface area contributed by atoms with E-state index >= 15 is 0 Å². The summed E-state index contributed by atoms with van der Waals surface area (Å²) < 4.78 is 11.1. The Morgan fingerprint density at radius 1 is 0.639 bits per heavy atom. The molecule has 0 spiro atoms. The Morgan fingerprint density at radius 2 is 1.17 bits per heavy atom. The summed E-state index contributed by atoms with van der Waals surface area (Å²) in [6, 6.07) is 0. The molecule has 0 amide bonds. The predicted octanol–water partition coefficient (Wildman–Crippen LogP) is 8.45. The van der Waals surface area contributed by atoms with Crippen LogP contribution in [0, 0.1) is 0 Å². The normalized spacial score (nSPS) is 12.2. The van der Waals surface area contributed by atoms with E-state index in [-0.39, 0.29) is 18.0 Å². The third kappa shape index (κ3) is 25.7. The molecule has 0 bridgehead atoms. The van der Waals surface area contributed by atoms with Crippen LogP contribution in [-0.4, -0.2) is 37.7 Å². The van der Waals surface area contributed by atoms with Crippen molar-refractivity contribution in [3.63, 3.8) is 0 Å². The average molecular weight is 510 g/mol. The molecule has 212 valence electrons. The summed E-state index contributed by atoms with van der Waals surface area (Å²) in [5.74, 6) is -0.205. The lowest BCUT2D eigenvalue weighted by molar-refractivity contribution is -0.150. The molecule has 0 aromatic rings. The largest absolute Gasteiger partial charge is 0.462 e. The van der Waals surface area contributed by atoms with Crippen LogP contribution in [0.25, 0.3) is 0 Å². The summed E-state index contributed by atoms with van der Waals surface area (Å²) in [4.78, 5) is 24.1. The number of carbonyl (C=O) groups is 2. The number of hydrogen-bond donors (Lipinski definition) is 1. The van der Waals surface area contributed by atoms with Crippen LogP contribution in [0.1, 0.15) is 149 Å². The molecule has 5 nitrogen and oxygen atoms in total. The zero-order chi connectivity index (χ0) is 26.5. The number of ether oxygens (including phenoxy) is 2. The Morgan fingerprint density at radius 3 is 1.78 bits per heavy atom. The highest BCUT2D eigenvalue weighted by Gasteiger charge is 2.14. The van der Waals surface area contributed by atoms with Gasteiger partial charge in [0.15, 0.2) is 0 Å². The highest BCUT2D eigenvalue weighted by Crippen LogP contribution is 2.17. The van der Waals surface area contributed by atoms with E-state index < -0.39 is 0 Å². The molecule has 1 N–H and O–H groups in total. The molecule has 5 heteroatoms. The fraction of sp³-hybridized carbons (Fsp3) is 0.871. The fourth-order valence-corrected chi connectivity index (χ4v) is 4.21. The lowest BCUT2D eigenvalue weighted by Crippen LogP contribution is -2.21. The molecule has 0 aromatic carbocycles. The van der Waals surface area contributed by atoms with Gasteiger partial charge in [0.05, 0.1) is 0 Å². The van der Waals surface area contributed by atoms with Gasteiger partial charge in [-0.05, 0) is 64.5 Å². The molecule has 0 rings (SSSR count). The van der Waals surface area contributed by atoms with Crippen LogP contribution in [0.2, 0.25) is 0 Å². The van der Waals surface area contributed by atoms with Crippen molar-refractivity contribution in [2.75, 3.05) is 19.7 Å². The Kier molecular flexibility index (Phi) is 27.1. The maximum atomic E-state index is 12.4. The number of esters is 2. The van der Waals surface area contributed by atoms with Gasteiger partial charge in [0.25, 0.3) is 0 Å². The molecule has 0 heterocycles. The summed E-state index contributed by atoms with van der Waals surface area (Å²) in [5.41, 5.74) is 0. The van der Waals surface area contributed by atoms with Crippen molar-refractivity contribution in [3.8, 4) is 0 Å². The minimum atomic E-state index is -0.143. The van der Waals surface area contributed by atoms with Gasteiger partial charge in [0.2, 0.25) is 0 Å². The van der Waals surface area contributed by atoms with Crippen LogP contribution in [0.5, 0.6) is 0 Å². The average Bonchev–Trinajstić information content (AvgIpc) is 2.87. The van der Waals surface area contributed by atoms with Crippen LogP contribution in [-0.2, 0) is 19.1 Å². The number of hydrogen-bond acceptors (Lipinski definition) is 5. The van der Waals surface area contributed by atoms with Crippen molar-refractivity contribution >= 4 is 11.9 Å². The highest BCUT2D eigenvalue weighted by atomic mass is 16.5. The maximum Gasteiger partial charge on any atom is 0.306 e. The van der Waals surface area contributed by atoms with Crippen molar-refractivity contribution in [3.05, 3.63) is 12.2 Å². The van der Waals surface area contributed by atoms with E-state index in [0.29, 0.717) is 19.4 Å². The second-order valence-electron chi connectivity index (χ2n) is 10.1. The number of nitrogens with one attached hydrogen (secondary N) is 1. The fourth-order valence-electron chi connectivity index (χ4n) is 4.21. The molecular formula is C31H59NO4. The SMILES string of the molecule is CCCCCCC=CCOC(=O)CCCNCCCC(=O)OC(CCCCCC)CCCCCCC. The first kappa shape index (κ1) is 34.6. The van der Waals surface area contributed by atoms with E-state index in [1.165, 1.54) is 70.6 Å². The lowest BCUT2D eigenvalue weighted by Gasteiger charge is -2.18. The highest BCUT2D eigenvalue weighted by molar-refractivity contribution is 5.69. The van der Waals surface area contributed by atoms with Crippen LogP contribution in [0.4, 0.5) is 0 Å². The Bertz CT molecular complexity index is 521. The molecule has 0 aliphatic heterocycles. The van der Waals surface area contributed by atoms with Gasteiger partial charge in [-0.15, -0.1) is 0 Å². The molecule has 36 heavy (non-hydrogen) atoms. The summed E-state index contributed by atoms with van der Waals surface area (Å²) in [6.45, 7) is 8.57. The van der Waals surface area contributed by atoms with Crippen LogP contribution < -0.4 is 5.32 Å². The second-order valence-corrected chi connectivity index (χ2v) is 10.1. The van der Waals surface area contributed by atoms with E-state index in [2.05, 4.69) is 32.2 Å². The van der Waals surface area contributed by atoms with Crippen molar-refractivity contribution in [1.82, 2.24) is 5.32 Å². The van der Waals surface area contributed by atoms with Gasteiger partial charge in [0, 0.05) is 12.8 Å². The molecule has 1 unspecified atom stereocenters. The van der Waals surface area contributed by atoms with Gasteiger partial charge in [-0.2, -0.15) is 0 Å². The first-order valence-corrected chi connectivity index (χ1v) is 15.3. The standard InChI is InChI=1S/C31H59NO4/c1-4-7-10-13-14-16-19-28-35-30(33)24-20-26-32-27-21-25-31(34)36-29(22-17-12-9-6-3)23-18-15-11-8-5-2/h16,19,29,32H,4-15,17-18,20-28H2,1-3H3. The summed E-state index contributed by atoms with van der Waals surface area (Å²) in [5, 5.41) is 3.32. The zero-order valence-electron chi connectivity index (χ0n) is 24.1. The van der Waals surface area contributed by atoms with Crippen molar-refractivity contribution in [1.29, 1.82) is 0 Å². The third-order valence-electron chi connectivity index (χ3n) is 6.51. The Labute approximate surface area is 223 Å². The molecular weight excluding hydrogens is 450 g/mol. The number of unbranched alkanes of at least 4 members (excludes halogenated alkanes) is 11. The van der Waals surface area contributed by atoms with Gasteiger partial charge < -0.3 is 14.8 Å². The van der Waals surface area contributed by atoms with E-state index in [1.807, 2.05) is 6.08 Å². The molecule has 1 atom stereocenters. The summed E-state index contributed by atoms with van der Waals surface area (Å²) in [6.07, 6.45) is 25.8.